The molecule has 2 heteroatoms. The van der Waals surface area contributed by atoms with Crippen molar-refractivity contribution in [2.24, 2.45) is 5.92 Å². The highest BCUT2D eigenvalue weighted by Gasteiger charge is 2.19. The first kappa shape index (κ1) is 8.54. The van der Waals surface area contributed by atoms with Gasteiger partial charge in [-0.2, -0.15) is 0 Å². The minimum Gasteiger partial charge on any atom is -0.302 e. The molecule has 0 bridgehead atoms. The van der Waals surface area contributed by atoms with Crippen molar-refractivity contribution in [3.05, 3.63) is 0 Å². The maximum Gasteiger partial charge on any atom is 0.0159 e. The smallest absolute Gasteiger partial charge is 0.0159 e. The highest BCUT2D eigenvalue weighted by Crippen LogP contribution is 2.18. The Kier molecular flexibility index (Phi) is 3.71. The largest absolute Gasteiger partial charge is 0.302 e. The Labute approximate surface area is 71.9 Å². The molecule has 0 aromatic rings. The van der Waals surface area contributed by atoms with Crippen LogP contribution >= 0.6 is 15.9 Å². The molecule has 1 unspecified atom stereocenters. The molecule has 1 aliphatic heterocycles. The maximum atomic E-state index is 3.46. The zero-order valence-corrected chi connectivity index (χ0v) is 8.23. The second-order valence-electron chi connectivity index (χ2n) is 3.05. The molecule has 1 atom stereocenters. The van der Waals surface area contributed by atoms with Crippen molar-refractivity contribution in [1.29, 1.82) is 0 Å². The van der Waals surface area contributed by atoms with Gasteiger partial charge >= 0.3 is 0 Å². The van der Waals surface area contributed by atoms with Gasteiger partial charge in [0.2, 0.25) is 0 Å². The predicted molar refractivity (Wildman–Crippen MR) is 48.6 cm³/mol. The Bertz CT molecular complexity index is 95.3. The van der Waals surface area contributed by atoms with Crippen LogP contribution in [0.15, 0.2) is 0 Å². The Morgan fingerprint density at radius 3 is 2.90 bits per heavy atom. The van der Waals surface area contributed by atoms with Crippen LogP contribution in [0.5, 0.6) is 0 Å². The van der Waals surface area contributed by atoms with E-state index >= 15 is 0 Å². The summed E-state index contributed by atoms with van der Waals surface area (Å²) in [5.74, 6) is 0.985. The molecule has 1 aliphatic rings. The van der Waals surface area contributed by atoms with E-state index in [1.165, 1.54) is 32.5 Å². The lowest BCUT2D eigenvalue weighted by atomic mass is 10.1. The van der Waals surface area contributed by atoms with Crippen LogP contribution in [0.3, 0.4) is 0 Å². The fourth-order valence-corrected chi connectivity index (χ4v) is 2.07. The van der Waals surface area contributed by atoms with Crippen LogP contribution in [-0.2, 0) is 0 Å². The predicted octanol–water partition coefficient (Wildman–Crippen LogP) is 2.11. The van der Waals surface area contributed by atoms with Crippen molar-refractivity contribution in [2.45, 2.75) is 19.8 Å². The summed E-state index contributed by atoms with van der Waals surface area (Å²) in [6, 6.07) is 0. The van der Waals surface area contributed by atoms with Gasteiger partial charge in [-0.05, 0) is 18.9 Å². The average Bonchev–Trinajstić information content (AvgIpc) is 2.37. The molecule has 10 heavy (non-hydrogen) atoms. The standard InChI is InChI=1S/C8H16BrN/c1-2-8-3-5-10(7-8)6-4-9/h8H,2-7H2,1H3. The van der Waals surface area contributed by atoms with Gasteiger partial charge in [0.15, 0.2) is 0 Å². The lowest BCUT2D eigenvalue weighted by Crippen LogP contribution is -2.22. The van der Waals surface area contributed by atoms with Gasteiger partial charge in [-0.25, -0.2) is 0 Å². The SMILES string of the molecule is CCC1CCN(CCBr)C1. The summed E-state index contributed by atoms with van der Waals surface area (Å²) in [5, 5.41) is 1.13. The lowest BCUT2D eigenvalue weighted by molar-refractivity contribution is 0.344. The minimum absolute atomic E-state index is 0.985. The fourth-order valence-electron chi connectivity index (χ4n) is 1.57. The molecule has 0 aliphatic carbocycles. The van der Waals surface area contributed by atoms with Gasteiger partial charge in [0.25, 0.3) is 0 Å². The monoisotopic (exact) mass is 205 g/mol. The normalized spacial score (nSPS) is 27.6. The molecule has 60 valence electrons. The van der Waals surface area contributed by atoms with Crippen molar-refractivity contribution < 1.29 is 0 Å². The van der Waals surface area contributed by atoms with Crippen LogP contribution in [0.25, 0.3) is 0 Å². The summed E-state index contributed by atoms with van der Waals surface area (Å²) in [4.78, 5) is 2.54. The van der Waals surface area contributed by atoms with E-state index < -0.39 is 0 Å². The van der Waals surface area contributed by atoms with E-state index in [9.17, 15) is 0 Å². The molecule has 0 aromatic heterocycles. The summed E-state index contributed by atoms with van der Waals surface area (Å²) < 4.78 is 0. The number of hydrogen-bond acceptors (Lipinski definition) is 1. The molecule has 0 amide bonds. The van der Waals surface area contributed by atoms with Crippen LogP contribution in [0, 0.1) is 5.92 Å². The first-order valence-corrected chi connectivity index (χ1v) is 5.27. The zero-order chi connectivity index (χ0) is 7.40. The third kappa shape index (κ3) is 2.24. The van der Waals surface area contributed by atoms with E-state index in [-0.39, 0.29) is 0 Å². The molecule has 1 heterocycles. The van der Waals surface area contributed by atoms with Crippen LogP contribution in [0.1, 0.15) is 19.8 Å². The van der Waals surface area contributed by atoms with E-state index in [1.54, 1.807) is 0 Å². The number of hydrogen-bond donors (Lipinski definition) is 0. The lowest BCUT2D eigenvalue weighted by Gasteiger charge is -2.12. The summed E-state index contributed by atoms with van der Waals surface area (Å²) in [7, 11) is 0. The Morgan fingerprint density at radius 2 is 2.40 bits per heavy atom. The fraction of sp³-hybridized carbons (Fsp3) is 1.00. The van der Waals surface area contributed by atoms with Crippen molar-refractivity contribution in [3.8, 4) is 0 Å². The molecule has 0 saturated carbocycles. The molecule has 1 fully saturated rings. The summed E-state index contributed by atoms with van der Waals surface area (Å²) in [6.45, 7) is 6.19. The molecule has 1 saturated heterocycles. The van der Waals surface area contributed by atoms with Crippen LogP contribution < -0.4 is 0 Å². The number of likely N-dealkylation sites (tertiary alicyclic amines) is 1. The summed E-state index contributed by atoms with van der Waals surface area (Å²) >= 11 is 3.46. The summed E-state index contributed by atoms with van der Waals surface area (Å²) in [6.07, 6.45) is 2.78. The van der Waals surface area contributed by atoms with Crippen molar-refractivity contribution in [3.63, 3.8) is 0 Å². The van der Waals surface area contributed by atoms with Crippen molar-refractivity contribution >= 4 is 15.9 Å². The molecule has 0 N–H and O–H groups in total. The topological polar surface area (TPSA) is 3.24 Å². The van der Waals surface area contributed by atoms with Gasteiger partial charge in [-0.15, -0.1) is 0 Å². The van der Waals surface area contributed by atoms with Gasteiger partial charge in [0, 0.05) is 18.4 Å². The minimum atomic E-state index is 0.985. The first-order valence-electron chi connectivity index (χ1n) is 4.15. The number of alkyl halides is 1. The van der Waals surface area contributed by atoms with Gasteiger partial charge < -0.3 is 4.90 Å². The Hall–Kier alpha value is 0.440. The third-order valence-electron chi connectivity index (χ3n) is 2.35. The van der Waals surface area contributed by atoms with Gasteiger partial charge in [0.1, 0.15) is 0 Å². The van der Waals surface area contributed by atoms with Gasteiger partial charge in [-0.3, -0.25) is 0 Å². The highest BCUT2D eigenvalue weighted by molar-refractivity contribution is 9.09. The van der Waals surface area contributed by atoms with E-state index in [4.69, 9.17) is 0 Å². The van der Waals surface area contributed by atoms with Crippen LogP contribution in [-0.4, -0.2) is 29.9 Å². The summed E-state index contributed by atoms with van der Waals surface area (Å²) in [5.41, 5.74) is 0. The zero-order valence-electron chi connectivity index (χ0n) is 6.65. The number of halogens is 1. The van der Waals surface area contributed by atoms with E-state index in [0.29, 0.717) is 0 Å². The number of nitrogens with zero attached hydrogens (tertiary/aromatic N) is 1. The second-order valence-corrected chi connectivity index (χ2v) is 3.85. The Morgan fingerprint density at radius 1 is 1.60 bits per heavy atom. The first-order chi connectivity index (χ1) is 4.86. The van der Waals surface area contributed by atoms with E-state index in [1.807, 2.05) is 0 Å². The molecular formula is C8H16BrN. The van der Waals surface area contributed by atoms with Gasteiger partial charge in [-0.1, -0.05) is 29.3 Å². The molecular weight excluding hydrogens is 190 g/mol. The molecule has 0 radical (unpaired) electrons. The second kappa shape index (κ2) is 4.35. The van der Waals surface area contributed by atoms with Crippen molar-refractivity contribution in [1.82, 2.24) is 4.90 Å². The quantitative estimate of drug-likeness (QED) is 0.639. The molecule has 1 rings (SSSR count). The maximum absolute atomic E-state index is 3.46. The van der Waals surface area contributed by atoms with E-state index in [0.717, 1.165) is 11.2 Å². The molecule has 0 aromatic carbocycles. The van der Waals surface area contributed by atoms with Crippen LogP contribution in [0.4, 0.5) is 0 Å². The van der Waals surface area contributed by atoms with Gasteiger partial charge in [0.05, 0.1) is 0 Å². The third-order valence-corrected chi connectivity index (χ3v) is 2.70. The number of rotatable bonds is 3. The Balaban J connectivity index is 2.15. The molecule has 1 nitrogen and oxygen atoms in total. The van der Waals surface area contributed by atoms with E-state index in [2.05, 4.69) is 27.8 Å². The molecule has 0 spiro atoms. The highest BCUT2D eigenvalue weighted by atomic mass is 79.9. The average molecular weight is 206 g/mol. The van der Waals surface area contributed by atoms with Crippen molar-refractivity contribution in [2.75, 3.05) is 25.0 Å². The van der Waals surface area contributed by atoms with Crippen LogP contribution in [0.2, 0.25) is 0 Å².